The molecule has 3 amide bonds. The molecule has 0 aliphatic carbocycles. The summed E-state index contributed by atoms with van der Waals surface area (Å²) in [5.74, 6) is -0.654. The van der Waals surface area contributed by atoms with Gasteiger partial charge in [-0.1, -0.05) is 36.8 Å². The molecule has 0 bridgehead atoms. The second kappa shape index (κ2) is 8.52. The molecule has 5 nitrogen and oxygen atoms in total. The molecule has 0 unspecified atom stereocenters. The molecular formula is C15H20F3N3O2. The summed E-state index contributed by atoms with van der Waals surface area (Å²) >= 11 is 0. The van der Waals surface area contributed by atoms with E-state index in [1.807, 2.05) is 43.4 Å². The molecule has 0 fully saturated rings. The molecule has 0 atom stereocenters. The summed E-state index contributed by atoms with van der Waals surface area (Å²) in [4.78, 5) is 24.7. The highest BCUT2D eigenvalue weighted by molar-refractivity contribution is 5.95. The van der Waals surface area contributed by atoms with E-state index in [1.165, 1.54) is 0 Å². The van der Waals surface area contributed by atoms with E-state index >= 15 is 0 Å². The number of carbonyl (C=O) groups is 2. The van der Waals surface area contributed by atoms with Crippen molar-refractivity contribution in [2.75, 3.05) is 19.6 Å². The fraction of sp³-hybridized carbons (Fsp3) is 0.467. The predicted octanol–water partition coefficient (Wildman–Crippen LogP) is 2.21. The number of urea groups is 1. The topological polar surface area (TPSA) is 61.4 Å². The summed E-state index contributed by atoms with van der Waals surface area (Å²) in [6.07, 6.45) is -4.51. The van der Waals surface area contributed by atoms with E-state index in [-0.39, 0.29) is 6.54 Å². The molecule has 0 saturated carbocycles. The molecule has 1 rings (SSSR count). The summed E-state index contributed by atoms with van der Waals surface area (Å²) in [5, 5.41) is 3.47. The van der Waals surface area contributed by atoms with Gasteiger partial charge in [-0.25, -0.2) is 4.79 Å². The zero-order chi connectivity index (χ0) is 17.5. The van der Waals surface area contributed by atoms with Crippen molar-refractivity contribution in [3.63, 3.8) is 0 Å². The Morgan fingerprint density at radius 3 is 2.52 bits per heavy atom. The third-order valence-corrected chi connectivity index (χ3v) is 3.01. The standard InChI is InChI=1S/C15H20F3N3O2/c1-3-21(8-12-6-4-5-11(2)7-12)9-13(22)20-14(23)19-10-15(16,17)18/h4-7H,3,8-10H2,1-2H3,(H2,19,20,22,23). The molecule has 0 aliphatic rings. The van der Waals surface area contributed by atoms with Crippen molar-refractivity contribution in [3.8, 4) is 0 Å². The first-order valence-electron chi connectivity index (χ1n) is 7.12. The van der Waals surface area contributed by atoms with Gasteiger partial charge in [0.1, 0.15) is 6.54 Å². The Bertz CT molecular complexity index is 547. The zero-order valence-electron chi connectivity index (χ0n) is 13.0. The number of nitrogens with one attached hydrogen (secondary N) is 2. The number of alkyl halides is 3. The minimum atomic E-state index is -4.51. The van der Waals surface area contributed by atoms with Gasteiger partial charge in [0.2, 0.25) is 5.91 Å². The monoisotopic (exact) mass is 331 g/mol. The molecular weight excluding hydrogens is 311 g/mol. The van der Waals surface area contributed by atoms with Gasteiger partial charge in [-0.3, -0.25) is 15.0 Å². The SMILES string of the molecule is CCN(CC(=O)NC(=O)NCC(F)(F)F)Cc1cccc(C)c1. The van der Waals surface area contributed by atoms with Crippen LogP contribution in [-0.4, -0.2) is 42.6 Å². The number of amides is 3. The van der Waals surface area contributed by atoms with E-state index < -0.39 is 24.7 Å². The fourth-order valence-corrected chi connectivity index (χ4v) is 1.94. The molecule has 128 valence electrons. The summed E-state index contributed by atoms with van der Waals surface area (Å²) in [6.45, 7) is 3.32. The lowest BCUT2D eigenvalue weighted by atomic mass is 10.1. The molecule has 1 aromatic carbocycles. The lowest BCUT2D eigenvalue weighted by molar-refractivity contribution is -0.125. The normalized spacial score (nSPS) is 11.4. The second-order valence-electron chi connectivity index (χ2n) is 5.14. The molecule has 0 spiro atoms. The highest BCUT2D eigenvalue weighted by Gasteiger charge is 2.28. The number of halogens is 3. The Kier molecular flexibility index (Phi) is 7.02. The number of carbonyl (C=O) groups excluding carboxylic acids is 2. The molecule has 0 radical (unpaired) electrons. The third-order valence-electron chi connectivity index (χ3n) is 3.01. The van der Waals surface area contributed by atoms with Gasteiger partial charge >= 0.3 is 12.2 Å². The van der Waals surface area contributed by atoms with Crippen molar-refractivity contribution >= 4 is 11.9 Å². The molecule has 0 aliphatic heterocycles. The Hall–Kier alpha value is -2.09. The van der Waals surface area contributed by atoms with Gasteiger partial charge in [-0.2, -0.15) is 13.2 Å². The third kappa shape index (κ3) is 8.20. The highest BCUT2D eigenvalue weighted by Crippen LogP contribution is 2.12. The molecule has 0 saturated heterocycles. The van der Waals surface area contributed by atoms with E-state index in [9.17, 15) is 22.8 Å². The highest BCUT2D eigenvalue weighted by atomic mass is 19.4. The van der Waals surface area contributed by atoms with Crippen molar-refractivity contribution in [1.29, 1.82) is 0 Å². The first-order valence-corrected chi connectivity index (χ1v) is 7.12. The summed E-state index contributed by atoms with van der Waals surface area (Å²) < 4.78 is 35.9. The number of nitrogens with zero attached hydrogens (tertiary/aromatic N) is 1. The van der Waals surface area contributed by atoms with Crippen LogP contribution in [0.15, 0.2) is 24.3 Å². The van der Waals surface area contributed by atoms with Crippen LogP contribution in [0.3, 0.4) is 0 Å². The van der Waals surface area contributed by atoms with Crippen LogP contribution in [-0.2, 0) is 11.3 Å². The van der Waals surface area contributed by atoms with Crippen LogP contribution in [0, 0.1) is 6.92 Å². The molecule has 8 heteroatoms. The first-order chi connectivity index (χ1) is 10.7. The fourth-order valence-electron chi connectivity index (χ4n) is 1.94. The van der Waals surface area contributed by atoms with Gasteiger partial charge in [0, 0.05) is 6.54 Å². The number of likely N-dealkylation sites (N-methyl/N-ethyl adjacent to an activating group) is 1. The predicted molar refractivity (Wildman–Crippen MR) is 79.7 cm³/mol. The van der Waals surface area contributed by atoms with E-state index in [1.54, 1.807) is 10.2 Å². The van der Waals surface area contributed by atoms with Gasteiger partial charge < -0.3 is 5.32 Å². The summed E-state index contributed by atoms with van der Waals surface area (Å²) in [7, 11) is 0. The first kappa shape index (κ1) is 19.0. The van der Waals surface area contributed by atoms with Crippen LogP contribution in [0.25, 0.3) is 0 Å². The maximum absolute atomic E-state index is 12.0. The minimum absolute atomic E-state index is 0.0795. The van der Waals surface area contributed by atoms with Gasteiger partial charge in [-0.05, 0) is 19.0 Å². The van der Waals surface area contributed by atoms with Crippen LogP contribution >= 0.6 is 0 Å². The van der Waals surface area contributed by atoms with Crippen LogP contribution in [0.5, 0.6) is 0 Å². The molecule has 0 heterocycles. The van der Waals surface area contributed by atoms with Gasteiger partial charge in [-0.15, -0.1) is 0 Å². The van der Waals surface area contributed by atoms with Crippen molar-refractivity contribution in [2.45, 2.75) is 26.6 Å². The van der Waals surface area contributed by atoms with Gasteiger partial charge in [0.15, 0.2) is 0 Å². The van der Waals surface area contributed by atoms with E-state index in [0.29, 0.717) is 13.1 Å². The number of hydrogen-bond acceptors (Lipinski definition) is 3. The Balaban J connectivity index is 2.45. The van der Waals surface area contributed by atoms with Crippen LogP contribution in [0.4, 0.5) is 18.0 Å². The van der Waals surface area contributed by atoms with Crippen LogP contribution in [0.1, 0.15) is 18.1 Å². The lowest BCUT2D eigenvalue weighted by Gasteiger charge is -2.20. The average molecular weight is 331 g/mol. The quantitative estimate of drug-likeness (QED) is 0.840. The van der Waals surface area contributed by atoms with Gasteiger partial charge in [0.05, 0.1) is 6.54 Å². The number of hydrogen-bond donors (Lipinski definition) is 2. The zero-order valence-corrected chi connectivity index (χ0v) is 13.0. The smallest absolute Gasteiger partial charge is 0.329 e. The lowest BCUT2D eigenvalue weighted by Crippen LogP contribution is -2.46. The number of aryl methyl sites for hydroxylation is 1. The van der Waals surface area contributed by atoms with Gasteiger partial charge in [0.25, 0.3) is 0 Å². The average Bonchev–Trinajstić information content (AvgIpc) is 2.43. The molecule has 1 aromatic rings. The largest absolute Gasteiger partial charge is 0.405 e. The van der Waals surface area contributed by atoms with Crippen molar-refractivity contribution in [3.05, 3.63) is 35.4 Å². The van der Waals surface area contributed by atoms with E-state index in [2.05, 4.69) is 0 Å². The Morgan fingerprint density at radius 1 is 1.26 bits per heavy atom. The maximum Gasteiger partial charge on any atom is 0.405 e. The number of rotatable bonds is 6. The van der Waals surface area contributed by atoms with Crippen molar-refractivity contribution in [2.24, 2.45) is 0 Å². The Labute approximate surface area is 132 Å². The summed E-state index contributed by atoms with van der Waals surface area (Å²) in [6, 6.07) is 6.61. The number of imide groups is 1. The van der Waals surface area contributed by atoms with E-state index in [4.69, 9.17) is 0 Å². The van der Waals surface area contributed by atoms with Crippen LogP contribution in [0.2, 0.25) is 0 Å². The van der Waals surface area contributed by atoms with Crippen LogP contribution < -0.4 is 10.6 Å². The minimum Gasteiger partial charge on any atom is -0.329 e. The van der Waals surface area contributed by atoms with Crippen molar-refractivity contribution in [1.82, 2.24) is 15.5 Å². The molecule has 23 heavy (non-hydrogen) atoms. The van der Waals surface area contributed by atoms with E-state index in [0.717, 1.165) is 11.1 Å². The maximum atomic E-state index is 12.0. The second-order valence-corrected chi connectivity index (χ2v) is 5.14. The number of benzene rings is 1. The summed E-state index contributed by atoms with van der Waals surface area (Å²) in [5.41, 5.74) is 2.11. The molecule has 2 N–H and O–H groups in total. The molecule has 0 aromatic heterocycles. The Morgan fingerprint density at radius 2 is 1.96 bits per heavy atom. The van der Waals surface area contributed by atoms with Crippen molar-refractivity contribution < 1.29 is 22.8 Å².